The Morgan fingerprint density at radius 1 is 1.39 bits per heavy atom. The molecule has 28 heavy (non-hydrogen) atoms. The Bertz CT molecular complexity index is 894. The number of ether oxygens (including phenoxy) is 1. The molecule has 3 N–H and O–H groups in total. The van der Waals surface area contributed by atoms with Gasteiger partial charge >= 0.3 is 0 Å². The Balaban J connectivity index is 1.55. The number of rotatable bonds is 7. The van der Waals surface area contributed by atoms with Gasteiger partial charge in [-0.05, 0) is 67.9 Å². The van der Waals surface area contributed by atoms with Gasteiger partial charge in [0.2, 0.25) is 5.91 Å². The number of benzene rings is 1. The van der Waals surface area contributed by atoms with E-state index in [0.29, 0.717) is 41.0 Å². The fourth-order valence-electron chi connectivity index (χ4n) is 3.48. The zero-order valence-electron chi connectivity index (χ0n) is 16.1. The lowest BCUT2D eigenvalue weighted by Gasteiger charge is -2.18. The Morgan fingerprint density at radius 2 is 2.18 bits per heavy atom. The van der Waals surface area contributed by atoms with Gasteiger partial charge in [0.1, 0.15) is 10.8 Å². The van der Waals surface area contributed by atoms with Crippen LogP contribution in [-0.4, -0.2) is 18.4 Å². The Hall–Kier alpha value is -2.05. The van der Waals surface area contributed by atoms with Gasteiger partial charge in [0.15, 0.2) is 0 Å². The number of carbonyl (C=O) groups excluding carboxylic acids is 2. The van der Waals surface area contributed by atoms with Gasteiger partial charge in [0, 0.05) is 16.3 Å². The maximum Gasteiger partial charge on any atom is 0.251 e. The van der Waals surface area contributed by atoms with E-state index in [1.54, 1.807) is 6.07 Å². The first-order chi connectivity index (χ1) is 13.3. The van der Waals surface area contributed by atoms with Crippen molar-refractivity contribution in [2.75, 3.05) is 11.9 Å². The summed E-state index contributed by atoms with van der Waals surface area (Å²) in [5, 5.41) is 4.15. The average molecular weight is 421 g/mol. The summed E-state index contributed by atoms with van der Waals surface area (Å²) in [5.41, 5.74) is 8.07. The van der Waals surface area contributed by atoms with Crippen LogP contribution in [0.25, 0.3) is 0 Å². The summed E-state index contributed by atoms with van der Waals surface area (Å²) in [6.45, 7) is 4.56. The first-order valence-corrected chi connectivity index (χ1v) is 10.7. The number of hydrogen-bond donors (Lipinski definition) is 2. The van der Waals surface area contributed by atoms with Crippen molar-refractivity contribution in [1.82, 2.24) is 0 Å². The Morgan fingerprint density at radius 3 is 2.89 bits per heavy atom. The molecule has 1 heterocycles. The van der Waals surface area contributed by atoms with E-state index in [0.717, 1.165) is 36.1 Å². The van der Waals surface area contributed by atoms with Crippen LogP contribution >= 0.6 is 22.9 Å². The third-order valence-corrected chi connectivity index (χ3v) is 6.36. The summed E-state index contributed by atoms with van der Waals surface area (Å²) >= 11 is 7.42. The third kappa shape index (κ3) is 4.86. The minimum atomic E-state index is -0.469. The van der Waals surface area contributed by atoms with Crippen LogP contribution in [0.3, 0.4) is 0 Å². The molecular weight excluding hydrogens is 396 g/mol. The van der Waals surface area contributed by atoms with Gasteiger partial charge < -0.3 is 15.8 Å². The molecule has 0 fully saturated rings. The zero-order chi connectivity index (χ0) is 20.3. The molecular formula is C21H25ClN2O3S. The highest BCUT2D eigenvalue weighted by Gasteiger charge is 2.27. The summed E-state index contributed by atoms with van der Waals surface area (Å²) in [6.07, 6.45) is 3.70. The highest BCUT2D eigenvalue weighted by atomic mass is 35.5. The molecule has 0 bridgehead atoms. The summed E-state index contributed by atoms with van der Waals surface area (Å²) in [7, 11) is 0. The monoisotopic (exact) mass is 420 g/mol. The molecule has 7 heteroatoms. The van der Waals surface area contributed by atoms with Crippen molar-refractivity contribution < 1.29 is 14.3 Å². The highest BCUT2D eigenvalue weighted by molar-refractivity contribution is 7.17. The standard InChI is InChI=1S/C21H25ClN2O3S/c1-12-5-7-15-17(10-12)28-21(19(15)20(23)26)24-18(25)4-3-9-27-16-8-6-14(22)11-13(16)2/h6,8,11-12H,3-5,7,9-10H2,1-2H3,(H2,23,26)(H,24,25). The first-order valence-electron chi connectivity index (χ1n) is 9.48. The number of fused-ring (bicyclic) bond motifs is 1. The predicted octanol–water partition coefficient (Wildman–Crippen LogP) is 4.73. The number of carbonyl (C=O) groups is 2. The number of primary amides is 1. The van der Waals surface area contributed by atoms with E-state index in [9.17, 15) is 9.59 Å². The number of nitrogens with two attached hydrogens (primary N) is 1. The van der Waals surface area contributed by atoms with Gasteiger partial charge in [0.05, 0.1) is 12.2 Å². The third-order valence-electron chi connectivity index (χ3n) is 4.95. The molecule has 0 spiro atoms. The van der Waals surface area contributed by atoms with Crippen molar-refractivity contribution in [2.24, 2.45) is 11.7 Å². The average Bonchev–Trinajstić information content (AvgIpc) is 2.97. The van der Waals surface area contributed by atoms with E-state index >= 15 is 0 Å². The molecule has 1 aromatic heterocycles. The summed E-state index contributed by atoms with van der Waals surface area (Å²) in [6, 6.07) is 5.45. The second-order valence-electron chi connectivity index (χ2n) is 7.33. The largest absolute Gasteiger partial charge is 0.493 e. The summed E-state index contributed by atoms with van der Waals surface area (Å²) in [5.74, 6) is 0.749. The molecule has 0 radical (unpaired) electrons. The second-order valence-corrected chi connectivity index (χ2v) is 8.87. The van der Waals surface area contributed by atoms with Gasteiger partial charge in [0.25, 0.3) is 5.91 Å². The number of nitrogens with one attached hydrogen (secondary N) is 1. The minimum Gasteiger partial charge on any atom is -0.493 e. The molecule has 1 aliphatic rings. The normalized spacial score (nSPS) is 15.8. The van der Waals surface area contributed by atoms with Crippen molar-refractivity contribution in [3.8, 4) is 5.75 Å². The van der Waals surface area contributed by atoms with Crippen LogP contribution in [0, 0.1) is 12.8 Å². The molecule has 2 aromatic rings. The van der Waals surface area contributed by atoms with Crippen LogP contribution in [0.1, 0.15) is 52.5 Å². The number of anilines is 1. The molecule has 2 amide bonds. The zero-order valence-corrected chi connectivity index (χ0v) is 17.7. The van der Waals surface area contributed by atoms with Crippen molar-refractivity contribution in [3.63, 3.8) is 0 Å². The van der Waals surface area contributed by atoms with Gasteiger partial charge in [-0.3, -0.25) is 9.59 Å². The van der Waals surface area contributed by atoms with Gasteiger partial charge in [-0.15, -0.1) is 11.3 Å². The van der Waals surface area contributed by atoms with Gasteiger partial charge in [-0.2, -0.15) is 0 Å². The van der Waals surface area contributed by atoms with Crippen molar-refractivity contribution in [3.05, 3.63) is 44.8 Å². The van der Waals surface area contributed by atoms with Crippen LogP contribution in [-0.2, 0) is 17.6 Å². The van der Waals surface area contributed by atoms with Crippen molar-refractivity contribution in [2.45, 2.75) is 46.0 Å². The highest BCUT2D eigenvalue weighted by Crippen LogP contribution is 2.39. The molecule has 0 saturated heterocycles. The fourth-order valence-corrected chi connectivity index (χ4v) is 5.14. The predicted molar refractivity (Wildman–Crippen MR) is 114 cm³/mol. The maximum atomic E-state index is 12.4. The van der Waals surface area contributed by atoms with Crippen LogP contribution in [0.2, 0.25) is 5.02 Å². The minimum absolute atomic E-state index is 0.134. The quantitative estimate of drug-likeness (QED) is 0.635. The van der Waals surface area contributed by atoms with Crippen LogP contribution in [0.5, 0.6) is 5.75 Å². The molecule has 3 rings (SSSR count). The number of thiophene rings is 1. The number of hydrogen-bond acceptors (Lipinski definition) is 4. The van der Waals surface area contributed by atoms with E-state index < -0.39 is 5.91 Å². The Labute approximate surface area is 174 Å². The summed E-state index contributed by atoms with van der Waals surface area (Å²) < 4.78 is 5.72. The molecule has 1 aromatic carbocycles. The molecule has 150 valence electrons. The van der Waals surface area contributed by atoms with Crippen LogP contribution in [0.4, 0.5) is 5.00 Å². The van der Waals surface area contributed by atoms with E-state index in [-0.39, 0.29) is 5.91 Å². The molecule has 5 nitrogen and oxygen atoms in total. The SMILES string of the molecule is Cc1cc(Cl)ccc1OCCCC(=O)Nc1sc2c(c1C(N)=O)CCC(C)C2. The maximum absolute atomic E-state index is 12.4. The van der Waals surface area contributed by atoms with Gasteiger partial charge in [-0.1, -0.05) is 18.5 Å². The summed E-state index contributed by atoms with van der Waals surface area (Å²) in [4.78, 5) is 25.5. The topological polar surface area (TPSA) is 81.4 Å². The van der Waals surface area contributed by atoms with Crippen LogP contribution in [0.15, 0.2) is 18.2 Å². The molecule has 0 aliphatic heterocycles. The fraction of sp³-hybridized carbons (Fsp3) is 0.429. The smallest absolute Gasteiger partial charge is 0.251 e. The molecule has 1 unspecified atom stereocenters. The lowest BCUT2D eigenvalue weighted by molar-refractivity contribution is -0.116. The number of aryl methyl sites for hydroxylation is 1. The lowest BCUT2D eigenvalue weighted by atomic mass is 9.88. The first kappa shape index (κ1) is 20.7. The van der Waals surface area contributed by atoms with Crippen molar-refractivity contribution >= 4 is 39.8 Å². The second kappa shape index (κ2) is 8.97. The van der Waals surface area contributed by atoms with Crippen LogP contribution < -0.4 is 15.8 Å². The molecule has 1 atom stereocenters. The molecule has 1 aliphatic carbocycles. The van der Waals surface area contributed by atoms with E-state index in [4.69, 9.17) is 22.1 Å². The Kier molecular flexibility index (Phi) is 6.62. The van der Waals surface area contributed by atoms with E-state index in [2.05, 4.69) is 12.2 Å². The number of amides is 2. The van der Waals surface area contributed by atoms with E-state index in [1.807, 2.05) is 19.1 Å². The molecule has 0 saturated carbocycles. The lowest BCUT2D eigenvalue weighted by Crippen LogP contribution is -2.19. The van der Waals surface area contributed by atoms with E-state index in [1.165, 1.54) is 16.2 Å². The number of halogens is 1. The van der Waals surface area contributed by atoms with Crippen molar-refractivity contribution in [1.29, 1.82) is 0 Å². The van der Waals surface area contributed by atoms with Gasteiger partial charge in [-0.25, -0.2) is 0 Å².